The van der Waals surface area contributed by atoms with E-state index in [2.05, 4.69) is 5.32 Å². The number of rotatable bonds is 5. The maximum Gasteiger partial charge on any atom is 0.374 e. The molecule has 0 saturated heterocycles. The van der Waals surface area contributed by atoms with Gasteiger partial charge in [0.25, 0.3) is 0 Å². The minimum Gasteiger partial charge on any atom is -0.459 e. The molecule has 0 aliphatic rings. The maximum atomic E-state index is 11.8. The van der Waals surface area contributed by atoms with Crippen LogP contribution in [0, 0.1) is 18.3 Å². The largest absolute Gasteiger partial charge is 0.459 e. The Morgan fingerprint density at radius 1 is 1.32 bits per heavy atom. The van der Waals surface area contributed by atoms with Crippen molar-refractivity contribution in [2.24, 2.45) is 0 Å². The van der Waals surface area contributed by atoms with Crippen LogP contribution in [0.1, 0.15) is 28.1 Å². The van der Waals surface area contributed by atoms with Gasteiger partial charge in [-0.25, -0.2) is 4.79 Å². The van der Waals surface area contributed by atoms with Crippen molar-refractivity contribution in [2.75, 3.05) is 11.9 Å². The predicted molar refractivity (Wildman–Crippen MR) is 78.1 cm³/mol. The second-order valence-corrected chi connectivity index (χ2v) is 4.52. The monoisotopic (exact) mass is 298 g/mol. The number of carbonyl (C=O) groups excluding carboxylic acids is 2. The van der Waals surface area contributed by atoms with Gasteiger partial charge in [-0.2, -0.15) is 5.26 Å². The quantitative estimate of drug-likeness (QED) is 0.857. The molecular weight excluding hydrogens is 284 g/mol. The number of ether oxygens (including phenoxy) is 1. The molecule has 0 radical (unpaired) electrons. The molecule has 6 nitrogen and oxygen atoms in total. The Hall–Kier alpha value is -3.07. The summed E-state index contributed by atoms with van der Waals surface area (Å²) in [6.45, 7) is 1.66. The molecule has 2 aromatic rings. The molecule has 1 heterocycles. The number of nitrogens with zero attached hydrogens (tertiary/aromatic N) is 1. The molecule has 2 rings (SSSR count). The van der Waals surface area contributed by atoms with E-state index in [-0.39, 0.29) is 24.7 Å². The zero-order valence-electron chi connectivity index (χ0n) is 12.0. The van der Waals surface area contributed by atoms with E-state index in [0.717, 1.165) is 0 Å². The van der Waals surface area contributed by atoms with Crippen LogP contribution < -0.4 is 5.32 Å². The van der Waals surface area contributed by atoms with Gasteiger partial charge in [0.2, 0.25) is 11.7 Å². The number of esters is 1. The van der Waals surface area contributed by atoms with Crippen LogP contribution in [-0.4, -0.2) is 18.5 Å². The second-order valence-electron chi connectivity index (χ2n) is 4.52. The van der Waals surface area contributed by atoms with E-state index in [4.69, 9.17) is 14.4 Å². The first kappa shape index (κ1) is 15.3. The predicted octanol–water partition coefficient (Wildman–Crippen LogP) is 2.65. The molecule has 0 bridgehead atoms. The molecular formula is C16H14N2O4. The molecule has 6 heteroatoms. The van der Waals surface area contributed by atoms with Crippen molar-refractivity contribution in [1.29, 1.82) is 5.26 Å². The van der Waals surface area contributed by atoms with Gasteiger partial charge in [-0.05, 0) is 25.1 Å². The lowest BCUT2D eigenvalue weighted by atomic mass is 10.2. The lowest BCUT2D eigenvalue weighted by molar-refractivity contribution is -0.116. The first-order chi connectivity index (χ1) is 10.6. The summed E-state index contributed by atoms with van der Waals surface area (Å²) in [6, 6.07) is 10.3. The molecule has 0 saturated carbocycles. The fourth-order valence-electron chi connectivity index (χ4n) is 1.79. The number of aryl methyl sites for hydroxylation is 1. The Bertz CT molecular complexity index is 728. The van der Waals surface area contributed by atoms with E-state index < -0.39 is 5.97 Å². The van der Waals surface area contributed by atoms with Crippen LogP contribution >= 0.6 is 0 Å². The van der Waals surface area contributed by atoms with Gasteiger partial charge in [0.15, 0.2) is 0 Å². The minimum absolute atomic E-state index is 0.00867. The van der Waals surface area contributed by atoms with Crippen molar-refractivity contribution in [3.8, 4) is 6.07 Å². The molecule has 0 unspecified atom stereocenters. The van der Waals surface area contributed by atoms with E-state index in [9.17, 15) is 9.59 Å². The fourth-order valence-corrected chi connectivity index (χ4v) is 1.79. The van der Waals surface area contributed by atoms with Gasteiger partial charge in [0, 0.05) is 5.56 Å². The average molecular weight is 298 g/mol. The molecule has 1 aromatic heterocycles. The number of furan rings is 1. The Balaban J connectivity index is 1.83. The third kappa shape index (κ3) is 3.73. The van der Waals surface area contributed by atoms with Gasteiger partial charge in [0.05, 0.1) is 23.9 Å². The van der Waals surface area contributed by atoms with Crippen LogP contribution in [0.5, 0.6) is 0 Å². The average Bonchev–Trinajstić information content (AvgIpc) is 2.94. The number of hydrogen-bond acceptors (Lipinski definition) is 5. The molecule has 1 aromatic carbocycles. The molecule has 0 aliphatic carbocycles. The Morgan fingerprint density at radius 3 is 2.77 bits per heavy atom. The van der Waals surface area contributed by atoms with Crippen LogP contribution in [0.2, 0.25) is 0 Å². The maximum absolute atomic E-state index is 11.8. The smallest absolute Gasteiger partial charge is 0.374 e. The van der Waals surface area contributed by atoms with E-state index in [1.807, 2.05) is 6.07 Å². The normalized spacial score (nSPS) is 9.82. The SMILES string of the molecule is Cc1ccoc1C(=O)OCCC(=O)Nc1ccccc1C#N. The van der Waals surface area contributed by atoms with Gasteiger partial charge in [-0.3, -0.25) is 4.79 Å². The second kappa shape index (κ2) is 7.09. The number of benzene rings is 1. The van der Waals surface area contributed by atoms with Crippen LogP contribution in [-0.2, 0) is 9.53 Å². The van der Waals surface area contributed by atoms with Gasteiger partial charge >= 0.3 is 5.97 Å². The summed E-state index contributed by atoms with van der Waals surface area (Å²) >= 11 is 0. The Morgan fingerprint density at radius 2 is 2.09 bits per heavy atom. The fraction of sp³-hybridized carbons (Fsp3) is 0.188. The molecule has 0 spiro atoms. The number of carbonyl (C=O) groups is 2. The van der Waals surface area contributed by atoms with E-state index in [1.165, 1.54) is 6.26 Å². The van der Waals surface area contributed by atoms with Gasteiger partial charge in [0.1, 0.15) is 12.7 Å². The number of amides is 1. The van der Waals surface area contributed by atoms with Crippen molar-refractivity contribution >= 4 is 17.6 Å². The van der Waals surface area contributed by atoms with Gasteiger partial charge < -0.3 is 14.5 Å². The summed E-state index contributed by atoms with van der Waals surface area (Å²) in [5.41, 5.74) is 1.49. The summed E-state index contributed by atoms with van der Waals surface area (Å²) in [7, 11) is 0. The van der Waals surface area contributed by atoms with Crippen LogP contribution in [0.15, 0.2) is 41.0 Å². The number of hydrogen-bond donors (Lipinski definition) is 1. The van der Waals surface area contributed by atoms with Crippen molar-refractivity contribution in [3.63, 3.8) is 0 Å². The highest BCUT2D eigenvalue weighted by Crippen LogP contribution is 2.14. The summed E-state index contributed by atoms with van der Waals surface area (Å²) in [5, 5.41) is 11.5. The highest BCUT2D eigenvalue weighted by atomic mass is 16.5. The standard InChI is InChI=1S/C16H14N2O4/c1-11-6-8-21-15(11)16(20)22-9-7-14(19)18-13-5-3-2-4-12(13)10-17/h2-6,8H,7,9H2,1H3,(H,18,19). The van der Waals surface area contributed by atoms with Crippen LogP contribution in [0.25, 0.3) is 0 Å². The number of anilines is 1. The summed E-state index contributed by atoms with van der Waals surface area (Å²) < 4.78 is 9.97. The highest BCUT2D eigenvalue weighted by Gasteiger charge is 2.15. The molecule has 1 amide bonds. The molecule has 0 atom stereocenters. The first-order valence-electron chi connectivity index (χ1n) is 6.62. The van der Waals surface area contributed by atoms with Gasteiger partial charge in [-0.15, -0.1) is 0 Å². The first-order valence-corrected chi connectivity index (χ1v) is 6.62. The lowest BCUT2D eigenvalue weighted by Crippen LogP contribution is -2.16. The molecule has 22 heavy (non-hydrogen) atoms. The van der Waals surface area contributed by atoms with Crippen molar-refractivity contribution in [1.82, 2.24) is 0 Å². The number of nitriles is 1. The summed E-state index contributed by atoms with van der Waals surface area (Å²) in [6.07, 6.45) is 1.39. The van der Waals surface area contributed by atoms with Crippen LogP contribution in [0.4, 0.5) is 5.69 Å². The lowest BCUT2D eigenvalue weighted by Gasteiger charge is -2.07. The third-order valence-corrected chi connectivity index (χ3v) is 2.93. The Labute approximate surface area is 127 Å². The van der Waals surface area contributed by atoms with Crippen molar-refractivity contribution in [2.45, 2.75) is 13.3 Å². The molecule has 112 valence electrons. The zero-order chi connectivity index (χ0) is 15.9. The highest BCUT2D eigenvalue weighted by molar-refractivity contribution is 5.92. The topological polar surface area (TPSA) is 92.3 Å². The molecule has 0 aliphatic heterocycles. The van der Waals surface area contributed by atoms with E-state index in [1.54, 1.807) is 37.3 Å². The number of nitrogens with one attached hydrogen (secondary N) is 1. The van der Waals surface area contributed by atoms with Crippen LogP contribution in [0.3, 0.4) is 0 Å². The Kier molecular flexibility index (Phi) is 4.94. The third-order valence-electron chi connectivity index (χ3n) is 2.93. The minimum atomic E-state index is -0.604. The molecule has 0 fully saturated rings. The molecule has 1 N–H and O–H groups in total. The summed E-state index contributed by atoms with van der Waals surface area (Å²) in [5.74, 6) is -0.811. The summed E-state index contributed by atoms with van der Waals surface area (Å²) in [4.78, 5) is 23.5. The van der Waals surface area contributed by atoms with Crippen molar-refractivity contribution in [3.05, 3.63) is 53.5 Å². The van der Waals surface area contributed by atoms with E-state index in [0.29, 0.717) is 16.8 Å². The van der Waals surface area contributed by atoms with E-state index >= 15 is 0 Å². The van der Waals surface area contributed by atoms with Crippen molar-refractivity contribution < 1.29 is 18.7 Å². The zero-order valence-corrected chi connectivity index (χ0v) is 12.0. The number of para-hydroxylation sites is 1. The van der Waals surface area contributed by atoms with Gasteiger partial charge in [-0.1, -0.05) is 12.1 Å².